The maximum atomic E-state index is 12.7. The lowest BCUT2D eigenvalue weighted by atomic mass is 9.85. The molecule has 0 bridgehead atoms. The Morgan fingerprint density at radius 2 is 1.85 bits per heavy atom. The molecule has 2 heterocycles. The molecule has 2 saturated heterocycles. The van der Waals surface area contributed by atoms with Gasteiger partial charge < -0.3 is 10.6 Å². The maximum Gasteiger partial charge on any atom is 0.343 e. The number of carbonyl (C=O) groups is 2. The second-order valence-corrected chi connectivity index (χ2v) is 8.74. The number of hydrazine groups is 2. The van der Waals surface area contributed by atoms with Gasteiger partial charge in [-0.05, 0) is 65.2 Å². The molecular weight excluding hydrogens is 354 g/mol. The summed E-state index contributed by atoms with van der Waals surface area (Å²) in [5.74, 6) is 0. The minimum Gasteiger partial charge on any atom is -0.332 e. The molecule has 3 rings (SSSR count). The van der Waals surface area contributed by atoms with Crippen LogP contribution in [0, 0.1) is 0 Å². The highest BCUT2D eigenvalue weighted by atomic mass is 35.5. The van der Waals surface area contributed by atoms with E-state index in [2.05, 4.69) is 16.1 Å². The number of amides is 4. The molecule has 1 unspecified atom stereocenters. The number of hydrogen-bond acceptors (Lipinski definition) is 4. The number of nitrogens with zero attached hydrogens (tertiary/aromatic N) is 2. The van der Waals surface area contributed by atoms with Gasteiger partial charge in [-0.25, -0.2) is 15.0 Å². The summed E-state index contributed by atoms with van der Waals surface area (Å²) >= 11 is 5.91. The third-order valence-electron chi connectivity index (χ3n) is 5.36. The van der Waals surface area contributed by atoms with Crippen molar-refractivity contribution in [1.29, 1.82) is 0 Å². The van der Waals surface area contributed by atoms with Crippen LogP contribution in [0.2, 0.25) is 5.02 Å². The molecule has 2 aliphatic rings. The summed E-state index contributed by atoms with van der Waals surface area (Å²) in [6.45, 7) is 9.73. The van der Waals surface area contributed by atoms with E-state index in [9.17, 15) is 9.59 Å². The van der Waals surface area contributed by atoms with Gasteiger partial charge in [0.25, 0.3) is 0 Å². The number of aryl methyl sites for hydroxylation is 1. The Morgan fingerprint density at radius 1 is 1.23 bits per heavy atom. The molecule has 0 saturated carbocycles. The smallest absolute Gasteiger partial charge is 0.332 e. The Labute approximate surface area is 159 Å². The van der Waals surface area contributed by atoms with Crippen molar-refractivity contribution in [2.45, 2.75) is 64.2 Å². The van der Waals surface area contributed by atoms with Crippen LogP contribution < -0.4 is 16.1 Å². The van der Waals surface area contributed by atoms with Crippen molar-refractivity contribution in [3.8, 4) is 0 Å². The lowest BCUT2D eigenvalue weighted by molar-refractivity contribution is -0.210. The zero-order valence-corrected chi connectivity index (χ0v) is 16.6. The Balaban J connectivity index is 1.62. The van der Waals surface area contributed by atoms with Gasteiger partial charge >= 0.3 is 12.1 Å². The van der Waals surface area contributed by atoms with Gasteiger partial charge in [-0.3, -0.25) is 0 Å². The van der Waals surface area contributed by atoms with Crippen LogP contribution in [0.4, 0.5) is 9.59 Å². The highest BCUT2D eigenvalue weighted by Gasteiger charge is 2.66. The summed E-state index contributed by atoms with van der Waals surface area (Å²) in [5.41, 5.74) is 2.84. The Kier molecular flexibility index (Phi) is 4.45. The first-order valence-corrected chi connectivity index (χ1v) is 9.10. The normalized spacial score (nSPS) is 24.7. The summed E-state index contributed by atoms with van der Waals surface area (Å²) < 4.78 is 0. The number of nitrogens with one attached hydrogen (secondary N) is 3. The third-order valence-corrected chi connectivity index (χ3v) is 5.61. The molecule has 1 atom stereocenters. The van der Waals surface area contributed by atoms with Crippen LogP contribution in [0.1, 0.15) is 46.6 Å². The molecule has 2 aliphatic heterocycles. The highest BCUT2D eigenvalue weighted by Crippen LogP contribution is 2.39. The summed E-state index contributed by atoms with van der Waals surface area (Å²) in [6.07, 6.45) is 1.52. The number of rotatable bonds is 4. The molecule has 0 aromatic heterocycles. The van der Waals surface area contributed by atoms with Crippen LogP contribution in [0.15, 0.2) is 24.3 Å². The molecule has 8 heteroatoms. The van der Waals surface area contributed by atoms with E-state index in [1.54, 1.807) is 5.12 Å². The van der Waals surface area contributed by atoms with E-state index >= 15 is 0 Å². The van der Waals surface area contributed by atoms with Gasteiger partial charge in [-0.1, -0.05) is 23.7 Å². The number of halogens is 1. The van der Waals surface area contributed by atoms with Crippen LogP contribution in [0.3, 0.4) is 0 Å². The molecule has 4 amide bonds. The molecule has 3 N–H and O–H groups in total. The van der Waals surface area contributed by atoms with Crippen molar-refractivity contribution < 1.29 is 9.59 Å². The van der Waals surface area contributed by atoms with Gasteiger partial charge in [-0.15, -0.1) is 5.12 Å². The van der Waals surface area contributed by atoms with E-state index in [1.165, 1.54) is 0 Å². The molecule has 26 heavy (non-hydrogen) atoms. The van der Waals surface area contributed by atoms with Crippen molar-refractivity contribution in [3.05, 3.63) is 34.9 Å². The van der Waals surface area contributed by atoms with E-state index in [1.807, 2.05) is 58.9 Å². The molecule has 1 aromatic rings. The van der Waals surface area contributed by atoms with Gasteiger partial charge in [-0.2, -0.15) is 5.01 Å². The third kappa shape index (κ3) is 3.15. The summed E-state index contributed by atoms with van der Waals surface area (Å²) in [4.78, 5) is 25.1. The van der Waals surface area contributed by atoms with Gasteiger partial charge in [0.2, 0.25) is 0 Å². The lowest BCUT2D eigenvalue weighted by Crippen LogP contribution is -2.86. The van der Waals surface area contributed by atoms with Crippen molar-refractivity contribution >= 4 is 23.7 Å². The first-order chi connectivity index (χ1) is 12.0. The van der Waals surface area contributed by atoms with E-state index in [0.717, 1.165) is 23.4 Å². The predicted molar refractivity (Wildman–Crippen MR) is 100 cm³/mol. The van der Waals surface area contributed by atoms with Crippen LogP contribution >= 0.6 is 11.6 Å². The van der Waals surface area contributed by atoms with Gasteiger partial charge in [0.1, 0.15) is 5.66 Å². The quantitative estimate of drug-likeness (QED) is 0.751. The molecule has 0 aliphatic carbocycles. The zero-order valence-electron chi connectivity index (χ0n) is 15.8. The monoisotopic (exact) mass is 379 g/mol. The molecule has 0 radical (unpaired) electrons. The maximum absolute atomic E-state index is 12.7. The topological polar surface area (TPSA) is 76.7 Å². The molecule has 2 fully saturated rings. The van der Waals surface area contributed by atoms with Crippen LogP contribution in [0.5, 0.6) is 0 Å². The average Bonchev–Trinajstić information content (AvgIpc) is 2.75. The molecular formula is C18H26ClN5O2. The number of benzene rings is 1. The average molecular weight is 380 g/mol. The van der Waals surface area contributed by atoms with Crippen LogP contribution in [-0.2, 0) is 6.42 Å². The first kappa shape index (κ1) is 18.9. The van der Waals surface area contributed by atoms with Gasteiger partial charge in [0.05, 0.1) is 5.54 Å². The van der Waals surface area contributed by atoms with Crippen molar-refractivity contribution in [1.82, 2.24) is 26.2 Å². The minimum atomic E-state index is -0.630. The van der Waals surface area contributed by atoms with Crippen molar-refractivity contribution in [3.63, 3.8) is 0 Å². The highest BCUT2D eigenvalue weighted by molar-refractivity contribution is 6.30. The Hall–Kier alpha value is -1.83. The summed E-state index contributed by atoms with van der Waals surface area (Å²) in [6, 6.07) is 6.79. The predicted octanol–water partition coefficient (Wildman–Crippen LogP) is 3.02. The molecule has 1 aromatic carbocycles. The fraction of sp³-hybridized carbons (Fsp3) is 0.556. The number of imide groups is 1. The Bertz CT molecular complexity index is 734. The standard InChI is InChI=1S/C18H26ClN5O2/c1-16(2,11-10-12-6-8-13(19)9-7-12)20-14(25)23-15(26)21-18(5)17(3,4)22-24(18)23/h6-9,22H,10-11H2,1-5H3,(H,20,25)(H,21,26). The van der Waals surface area contributed by atoms with E-state index in [4.69, 9.17) is 11.6 Å². The Morgan fingerprint density at radius 3 is 2.38 bits per heavy atom. The van der Waals surface area contributed by atoms with Crippen molar-refractivity contribution in [2.75, 3.05) is 0 Å². The van der Waals surface area contributed by atoms with E-state index in [-0.39, 0.29) is 5.54 Å². The number of carbonyl (C=O) groups excluding carboxylic acids is 2. The minimum absolute atomic E-state index is 0.332. The van der Waals surface area contributed by atoms with E-state index in [0.29, 0.717) is 5.02 Å². The fourth-order valence-electron chi connectivity index (χ4n) is 3.20. The summed E-state index contributed by atoms with van der Waals surface area (Å²) in [7, 11) is 0. The molecule has 0 spiro atoms. The number of fused-ring (bicyclic) bond motifs is 1. The molecule has 7 nitrogen and oxygen atoms in total. The number of urea groups is 2. The number of hydrogen-bond donors (Lipinski definition) is 3. The van der Waals surface area contributed by atoms with Crippen LogP contribution in [-0.4, -0.2) is 38.9 Å². The van der Waals surface area contributed by atoms with Gasteiger partial charge in [0.15, 0.2) is 0 Å². The van der Waals surface area contributed by atoms with E-state index < -0.39 is 23.3 Å². The first-order valence-electron chi connectivity index (χ1n) is 8.72. The second-order valence-electron chi connectivity index (χ2n) is 8.30. The SMILES string of the molecule is CC(C)(CCc1ccc(Cl)cc1)NC(=O)N1C(=O)NC2(C)N1NC2(C)C. The molecule has 142 valence electrons. The van der Waals surface area contributed by atoms with Crippen molar-refractivity contribution in [2.24, 2.45) is 0 Å². The second kappa shape index (κ2) is 6.11. The summed E-state index contributed by atoms with van der Waals surface area (Å²) in [5, 5.41) is 9.19. The zero-order chi connectivity index (χ0) is 19.3. The van der Waals surface area contributed by atoms with Gasteiger partial charge in [0, 0.05) is 10.6 Å². The lowest BCUT2D eigenvalue weighted by Gasteiger charge is -2.58. The largest absolute Gasteiger partial charge is 0.343 e. The fourth-order valence-corrected chi connectivity index (χ4v) is 3.33. The van der Waals surface area contributed by atoms with Crippen LogP contribution in [0.25, 0.3) is 0 Å².